The maximum absolute atomic E-state index is 14.2. The smallest absolute Gasteiger partial charge is 0.329 e. The van der Waals surface area contributed by atoms with Gasteiger partial charge in [-0.3, -0.25) is 4.79 Å². The van der Waals surface area contributed by atoms with E-state index in [4.69, 9.17) is 9.47 Å². The standard InChI is InChI=1S/C27H38N2O5S/c1-8-34-16-19-15-27(25(31)32,14-17(2)3)29(22(19)23-28-11-12-35-23)24(30)18-9-10-20(26(4,5)6)21(13-18)33-7/h9-13,17,19,22H,8,14-16H2,1-7H3,(H,31,32)/t19-,22-,27+/m1/s1. The SMILES string of the molecule is CCOC[C@H]1C[C@@](CC(C)C)(C(=O)O)N(C(=O)c2ccc(C(C)(C)C)c(OC)c2)[C@H]1c1nccs1. The van der Waals surface area contributed by atoms with Crippen molar-refractivity contribution in [1.82, 2.24) is 9.88 Å². The molecule has 1 aromatic heterocycles. The highest BCUT2D eigenvalue weighted by atomic mass is 32.1. The molecule has 0 unspecified atom stereocenters. The number of carboxylic acid groups (broad SMARTS) is 1. The van der Waals surface area contributed by atoms with Crippen molar-refractivity contribution < 1.29 is 24.2 Å². The zero-order valence-electron chi connectivity index (χ0n) is 21.8. The molecule has 0 bridgehead atoms. The van der Waals surface area contributed by atoms with Gasteiger partial charge < -0.3 is 19.5 Å². The minimum Gasteiger partial charge on any atom is -0.496 e. The van der Waals surface area contributed by atoms with Crippen LogP contribution in [0, 0.1) is 11.8 Å². The van der Waals surface area contributed by atoms with Gasteiger partial charge in [0, 0.05) is 29.7 Å². The van der Waals surface area contributed by atoms with Gasteiger partial charge in [0.1, 0.15) is 16.3 Å². The average Bonchev–Trinajstić information content (AvgIpc) is 3.42. The van der Waals surface area contributed by atoms with Crippen LogP contribution >= 0.6 is 11.3 Å². The van der Waals surface area contributed by atoms with E-state index in [1.807, 2.05) is 32.2 Å². The van der Waals surface area contributed by atoms with Gasteiger partial charge in [0.25, 0.3) is 5.91 Å². The molecule has 2 heterocycles. The Morgan fingerprint density at radius 2 is 2.03 bits per heavy atom. The summed E-state index contributed by atoms with van der Waals surface area (Å²) in [5.74, 6) is -0.814. The van der Waals surface area contributed by atoms with Gasteiger partial charge in [-0.2, -0.15) is 0 Å². The summed E-state index contributed by atoms with van der Waals surface area (Å²) in [5, 5.41) is 13.2. The van der Waals surface area contributed by atoms with Gasteiger partial charge in [0.2, 0.25) is 0 Å². The fourth-order valence-electron chi connectivity index (χ4n) is 5.27. The Morgan fingerprint density at radius 3 is 2.54 bits per heavy atom. The highest BCUT2D eigenvalue weighted by molar-refractivity contribution is 7.09. The van der Waals surface area contributed by atoms with Crippen molar-refractivity contribution in [2.24, 2.45) is 11.8 Å². The van der Waals surface area contributed by atoms with Crippen molar-refractivity contribution in [3.8, 4) is 5.75 Å². The first kappa shape index (κ1) is 27.1. The Bertz CT molecular complexity index is 1030. The number of aliphatic carboxylic acids is 1. The van der Waals surface area contributed by atoms with Crippen LogP contribution in [-0.4, -0.2) is 52.7 Å². The molecule has 1 amide bonds. The van der Waals surface area contributed by atoms with E-state index in [1.54, 1.807) is 30.3 Å². The van der Waals surface area contributed by atoms with Gasteiger partial charge in [0.15, 0.2) is 0 Å². The first-order chi connectivity index (χ1) is 16.5. The highest BCUT2D eigenvalue weighted by Gasteiger charge is 2.59. The molecule has 1 N–H and O–H groups in total. The minimum absolute atomic E-state index is 0.0713. The first-order valence-electron chi connectivity index (χ1n) is 12.2. The summed E-state index contributed by atoms with van der Waals surface area (Å²) in [4.78, 5) is 33.3. The van der Waals surface area contributed by atoms with Crippen LogP contribution in [0.1, 0.15) is 81.4 Å². The van der Waals surface area contributed by atoms with E-state index in [2.05, 4.69) is 25.8 Å². The second-order valence-corrected chi connectivity index (χ2v) is 11.6. The second-order valence-electron chi connectivity index (χ2n) is 10.7. The molecule has 3 atom stereocenters. The number of carbonyl (C=O) groups is 2. The van der Waals surface area contributed by atoms with Crippen molar-refractivity contribution in [3.63, 3.8) is 0 Å². The van der Waals surface area contributed by atoms with Crippen LogP contribution < -0.4 is 4.74 Å². The Kier molecular flexibility index (Phi) is 8.27. The van der Waals surface area contributed by atoms with Gasteiger partial charge in [-0.25, -0.2) is 9.78 Å². The number of nitrogens with zero attached hydrogens (tertiary/aromatic N) is 2. The molecule has 0 saturated carbocycles. The Balaban J connectivity index is 2.19. The van der Waals surface area contributed by atoms with Crippen LogP contribution in [-0.2, 0) is 14.9 Å². The average molecular weight is 503 g/mol. The minimum atomic E-state index is -1.36. The Hall–Kier alpha value is -2.45. The number of thiazole rings is 1. The lowest BCUT2D eigenvalue weighted by molar-refractivity contribution is -0.150. The fraction of sp³-hybridized carbons (Fsp3) is 0.593. The van der Waals surface area contributed by atoms with E-state index in [-0.39, 0.29) is 23.2 Å². The van der Waals surface area contributed by atoms with E-state index in [9.17, 15) is 14.7 Å². The van der Waals surface area contributed by atoms with Crippen molar-refractivity contribution in [3.05, 3.63) is 45.9 Å². The molecular formula is C27H38N2O5S. The largest absolute Gasteiger partial charge is 0.496 e. The predicted molar refractivity (Wildman–Crippen MR) is 137 cm³/mol. The molecule has 192 valence electrons. The van der Waals surface area contributed by atoms with Gasteiger partial charge in [-0.05, 0) is 48.8 Å². The van der Waals surface area contributed by atoms with E-state index < -0.39 is 17.6 Å². The van der Waals surface area contributed by atoms with Crippen LogP contribution in [0.3, 0.4) is 0 Å². The normalized spacial score (nSPS) is 22.6. The number of aromatic nitrogens is 1. The van der Waals surface area contributed by atoms with Gasteiger partial charge >= 0.3 is 5.97 Å². The van der Waals surface area contributed by atoms with Crippen molar-refractivity contribution >= 4 is 23.2 Å². The Labute approximate surface area is 212 Å². The maximum Gasteiger partial charge on any atom is 0.329 e. The summed E-state index contributed by atoms with van der Waals surface area (Å²) in [5.41, 5.74) is -0.146. The zero-order valence-corrected chi connectivity index (χ0v) is 22.6. The second kappa shape index (κ2) is 10.7. The van der Waals surface area contributed by atoms with Crippen molar-refractivity contribution in [1.29, 1.82) is 0 Å². The van der Waals surface area contributed by atoms with Crippen LogP contribution in [0.15, 0.2) is 29.8 Å². The molecule has 2 aromatic rings. The number of hydrogen-bond donors (Lipinski definition) is 1. The van der Waals surface area contributed by atoms with Crippen LogP contribution in [0.5, 0.6) is 5.75 Å². The molecule has 0 aliphatic carbocycles. The molecule has 1 aliphatic rings. The number of ether oxygens (including phenoxy) is 2. The molecule has 1 aromatic carbocycles. The van der Waals surface area contributed by atoms with Gasteiger partial charge in [-0.1, -0.05) is 40.7 Å². The molecule has 35 heavy (non-hydrogen) atoms. The summed E-state index contributed by atoms with van der Waals surface area (Å²) in [6, 6.07) is 4.93. The molecule has 0 radical (unpaired) electrons. The molecular weight excluding hydrogens is 464 g/mol. The fourth-order valence-corrected chi connectivity index (χ4v) is 6.09. The van der Waals surface area contributed by atoms with Crippen molar-refractivity contribution in [2.45, 2.75) is 71.4 Å². The number of carbonyl (C=O) groups excluding carboxylic acids is 1. The maximum atomic E-state index is 14.2. The summed E-state index contributed by atoms with van der Waals surface area (Å²) in [6.07, 6.45) is 2.36. The molecule has 0 spiro atoms. The van der Waals surface area contributed by atoms with Crippen LogP contribution in [0.2, 0.25) is 0 Å². The van der Waals surface area contributed by atoms with E-state index >= 15 is 0 Å². The number of hydrogen-bond acceptors (Lipinski definition) is 6. The third-order valence-electron chi connectivity index (χ3n) is 6.65. The summed E-state index contributed by atoms with van der Waals surface area (Å²) in [7, 11) is 1.59. The molecule has 1 aliphatic heterocycles. The number of likely N-dealkylation sites (tertiary alicyclic amines) is 1. The summed E-state index contributed by atoms with van der Waals surface area (Å²) >= 11 is 1.44. The third-order valence-corrected chi connectivity index (χ3v) is 7.49. The first-order valence-corrected chi connectivity index (χ1v) is 13.1. The Morgan fingerprint density at radius 1 is 1.31 bits per heavy atom. The van der Waals surface area contributed by atoms with Crippen molar-refractivity contribution in [2.75, 3.05) is 20.3 Å². The quantitative estimate of drug-likeness (QED) is 0.483. The lowest BCUT2D eigenvalue weighted by Crippen LogP contribution is -2.54. The zero-order chi connectivity index (χ0) is 26.0. The number of rotatable bonds is 9. The van der Waals surface area contributed by atoms with Crippen LogP contribution in [0.25, 0.3) is 0 Å². The lowest BCUT2D eigenvalue weighted by Gasteiger charge is -2.39. The van der Waals surface area contributed by atoms with Crippen LogP contribution in [0.4, 0.5) is 0 Å². The molecule has 1 fully saturated rings. The number of benzene rings is 1. The molecule has 3 rings (SSSR count). The highest BCUT2D eigenvalue weighted by Crippen LogP contribution is 2.51. The van der Waals surface area contributed by atoms with E-state index in [1.165, 1.54) is 11.3 Å². The number of carboxylic acids is 1. The molecule has 8 heteroatoms. The lowest BCUT2D eigenvalue weighted by atomic mass is 9.83. The number of amides is 1. The summed E-state index contributed by atoms with van der Waals surface area (Å²) in [6.45, 7) is 13.0. The van der Waals surface area contributed by atoms with Gasteiger partial charge in [-0.15, -0.1) is 11.3 Å². The predicted octanol–water partition coefficient (Wildman–Crippen LogP) is 5.56. The molecule has 1 saturated heterocycles. The topological polar surface area (TPSA) is 89.0 Å². The molecule has 7 nitrogen and oxygen atoms in total. The number of methoxy groups -OCH3 is 1. The summed E-state index contributed by atoms with van der Waals surface area (Å²) < 4.78 is 11.4. The monoisotopic (exact) mass is 502 g/mol. The third kappa shape index (κ3) is 5.38. The van der Waals surface area contributed by atoms with E-state index in [0.717, 1.165) is 10.6 Å². The van der Waals surface area contributed by atoms with Gasteiger partial charge in [0.05, 0.1) is 19.8 Å². The van der Waals surface area contributed by atoms with E-state index in [0.29, 0.717) is 37.4 Å².